The molecule has 2 amide bonds. The van der Waals surface area contributed by atoms with E-state index < -0.39 is 4.92 Å². The molecule has 1 N–H and O–H groups in total. The first kappa shape index (κ1) is 21.1. The van der Waals surface area contributed by atoms with Crippen LogP contribution in [-0.2, 0) is 4.79 Å². The summed E-state index contributed by atoms with van der Waals surface area (Å²) in [6.45, 7) is 3.44. The predicted octanol–water partition coefficient (Wildman–Crippen LogP) is 2.36. The van der Waals surface area contributed by atoms with E-state index in [0.717, 1.165) is 5.56 Å². The Morgan fingerprint density at radius 3 is 2.33 bits per heavy atom. The lowest BCUT2D eigenvalue weighted by Crippen LogP contribution is -2.50. The molecule has 0 spiro atoms. The molecule has 0 radical (unpaired) electrons. The van der Waals surface area contributed by atoms with Crippen molar-refractivity contribution >= 4 is 17.5 Å². The van der Waals surface area contributed by atoms with Gasteiger partial charge >= 0.3 is 5.69 Å². The van der Waals surface area contributed by atoms with E-state index in [0.29, 0.717) is 31.7 Å². The summed E-state index contributed by atoms with van der Waals surface area (Å²) >= 11 is 0. The van der Waals surface area contributed by atoms with Crippen LogP contribution in [-0.4, -0.2) is 64.4 Å². The molecule has 1 fully saturated rings. The number of amides is 2. The number of hydrogen-bond donors (Lipinski definition) is 1. The number of rotatable bonds is 6. The van der Waals surface area contributed by atoms with Crippen molar-refractivity contribution in [1.29, 1.82) is 0 Å². The lowest BCUT2D eigenvalue weighted by atomic mass is 10.1. The Bertz CT molecular complexity index is 936. The van der Waals surface area contributed by atoms with Crippen molar-refractivity contribution in [2.24, 2.45) is 0 Å². The number of hydrogen-bond acceptors (Lipinski definition) is 6. The Hall–Kier alpha value is -3.62. The normalized spacial score (nSPS) is 13.8. The smallest absolute Gasteiger partial charge is 0.311 e. The summed E-state index contributed by atoms with van der Waals surface area (Å²) in [5.74, 6) is -0.0264. The van der Waals surface area contributed by atoms with Crippen molar-refractivity contribution in [3.05, 3.63) is 63.7 Å². The van der Waals surface area contributed by atoms with Crippen LogP contribution in [0.1, 0.15) is 22.3 Å². The average Bonchev–Trinajstić information content (AvgIpc) is 2.74. The van der Waals surface area contributed by atoms with Gasteiger partial charge in [0.2, 0.25) is 5.91 Å². The molecule has 0 atom stereocenters. The van der Waals surface area contributed by atoms with Gasteiger partial charge in [0.15, 0.2) is 5.75 Å². The number of ether oxygens (including phenoxy) is 1. The van der Waals surface area contributed by atoms with E-state index in [1.54, 1.807) is 34.9 Å². The summed E-state index contributed by atoms with van der Waals surface area (Å²) in [5.41, 5.74) is 1.12. The molecule has 0 bridgehead atoms. The number of nitro groups is 1. The summed E-state index contributed by atoms with van der Waals surface area (Å²) in [5, 5.41) is 20.5. The third-order valence-corrected chi connectivity index (χ3v) is 4.92. The summed E-state index contributed by atoms with van der Waals surface area (Å²) in [6.07, 6.45) is 0.0942. The number of aryl methyl sites for hydroxylation is 1. The van der Waals surface area contributed by atoms with Crippen LogP contribution in [0.15, 0.2) is 42.5 Å². The van der Waals surface area contributed by atoms with Gasteiger partial charge in [-0.15, -0.1) is 0 Å². The SMILES string of the molecule is Cc1ccc(OCCC(=O)N2CCN(C(=O)c3ccc(O)cc3)CC2)c([N+](=O)[O-])c1. The number of phenolic OH excluding ortho intramolecular Hbond substituents is 1. The Balaban J connectivity index is 1.47. The van der Waals surface area contributed by atoms with Crippen LogP contribution in [0.5, 0.6) is 11.5 Å². The molecule has 0 saturated carbocycles. The lowest BCUT2D eigenvalue weighted by molar-refractivity contribution is -0.385. The zero-order valence-electron chi connectivity index (χ0n) is 16.6. The van der Waals surface area contributed by atoms with E-state index in [9.17, 15) is 24.8 Å². The molecule has 2 aromatic carbocycles. The minimum absolute atomic E-state index is 0.0371. The Labute approximate surface area is 173 Å². The maximum atomic E-state index is 12.5. The van der Waals surface area contributed by atoms with Crippen molar-refractivity contribution in [2.75, 3.05) is 32.8 Å². The van der Waals surface area contributed by atoms with Gasteiger partial charge < -0.3 is 19.6 Å². The number of piperazine rings is 1. The predicted molar refractivity (Wildman–Crippen MR) is 109 cm³/mol. The lowest BCUT2D eigenvalue weighted by Gasteiger charge is -2.34. The van der Waals surface area contributed by atoms with Crippen LogP contribution in [0.3, 0.4) is 0 Å². The van der Waals surface area contributed by atoms with E-state index in [1.807, 2.05) is 0 Å². The summed E-state index contributed by atoms with van der Waals surface area (Å²) in [4.78, 5) is 38.9. The van der Waals surface area contributed by atoms with Crippen LogP contribution in [0, 0.1) is 17.0 Å². The fourth-order valence-electron chi connectivity index (χ4n) is 3.24. The second-order valence-corrected chi connectivity index (χ2v) is 7.05. The topological polar surface area (TPSA) is 113 Å². The fourth-order valence-corrected chi connectivity index (χ4v) is 3.24. The van der Waals surface area contributed by atoms with Crippen LogP contribution >= 0.6 is 0 Å². The zero-order valence-corrected chi connectivity index (χ0v) is 16.6. The molecule has 2 aromatic rings. The first-order valence-electron chi connectivity index (χ1n) is 9.59. The van der Waals surface area contributed by atoms with E-state index in [1.165, 1.54) is 24.3 Å². The van der Waals surface area contributed by atoms with Crippen LogP contribution in [0.25, 0.3) is 0 Å². The zero-order chi connectivity index (χ0) is 21.7. The molecule has 9 heteroatoms. The standard InChI is InChI=1S/C21H23N3O6/c1-15-2-7-19(18(14-15)24(28)29)30-13-8-20(26)22-9-11-23(12-10-22)21(27)16-3-5-17(25)6-4-16/h2-7,14,25H,8-13H2,1H3. The maximum absolute atomic E-state index is 12.5. The van der Waals surface area contributed by atoms with Crippen molar-refractivity contribution in [3.8, 4) is 11.5 Å². The molecular weight excluding hydrogens is 390 g/mol. The van der Waals surface area contributed by atoms with Crippen LogP contribution < -0.4 is 4.74 Å². The monoisotopic (exact) mass is 413 g/mol. The van der Waals surface area contributed by atoms with Gasteiger partial charge in [0.25, 0.3) is 5.91 Å². The Morgan fingerprint density at radius 1 is 1.07 bits per heavy atom. The molecule has 0 unspecified atom stereocenters. The molecule has 30 heavy (non-hydrogen) atoms. The van der Waals surface area contributed by atoms with Gasteiger partial charge in [0, 0.05) is 37.8 Å². The van der Waals surface area contributed by atoms with E-state index in [4.69, 9.17) is 4.74 Å². The molecular formula is C21H23N3O6. The van der Waals surface area contributed by atoms with Gasteiger partial charge in [-0.25, -0.2) is 0 Å². The van der Waals surface area contributed by atoms with Gasteiger partial charge in [-0.2, -0.15) is 0 Å². The molecule has 1 aliphatic heterocycles. The van der Waals surface area contributed by atoms with E-state index in [-0.39, 0.29) is 42.0 Å². The first-order valence-corrected chi connectivity index (χ1v) is 9.59. The van der Waals surface area contributed by atoms with E-state index >= 15 is 0 Å². The van der Waals surface area contributed by atoms with Gasteiger partial charge in [0.1, 0.15) is 5.75 Å². The van der Waals surface area contributed by atoms with Crippen molar-refractivity contribution in [2.45, 2.75) is 13.3 Å². The minimum Gasteiger partial charge on any atom is -0.508 e. The Kier molecular flexibility index (Phi) is 6.51. The van der Waals surface area contributed by atoms with Crippen molar-refractivity contribution < 1.29 is 24.4 Å². The summed E-state index contributed by atoms with van der Waals surface area (Å²) in [7, 11) is 0. The van der Waals surface area contributed by atoms with Crippen molar-refractivity contribution in [1.82, 2.24) is 9.80 Å². The molecule has 1 heterocycles. The highest BCUT2D eigenvalue weighted by Crippen LogP contribution is 2.27. The van der Waals surface area contributed by atoms with Gasteiger partial charge in [-0.05, 0) is 42.8 Å². The molecule has 158 valence electrons. The summed E-state index contributed by atoms with van der Waals surface area (Å²) < 4.78 is 5.47. The Morgan fingerprint density at radius 2 is 1.70 bits per heavy atom. The van der Waals surface area contributed by atoms with Crippen LogP contribution in [0.4, 0.5) is 5.69 Å². The average molecular weight is 413 g/mol. The number of carbonyl (C=O) groups excluding carboxylic acids is 2. The molecule has 0 aromatic heterocycles. The second-order valence-electron chi connectivity index (χ2n) is 7.05. The highest BCUT2D eigenvalue weighted by molar-refractivity contribution is 5.94. The molecule has 3 rings (SSSR count). The molecule has 9 nitrogen and oxygen atoms in total. The molecule has 0 aliphatic carbocycles. The number of nitrogens with zero attached hydrogens (tertiary/aromatic N) is 3. The largest absolute Gasteiger partial charge is 0.508 e. The number of phenols is 1. The molecule has 1 aliphatic rings. The second kappa shape index (κ2) is 9.25. The number of aromatic hydroxyl groups is 1. The number of nitro benzene ring substituents is 1. The molecule has 1 saturated heterocycles. The summed E-state index contributed by atoms with van der Waals surface area (Å²) in [6, 6.07) is 10.7. The van der Waals surface area contributed by atoms with Gasteiger partial charge in [0.05, 0.1) is 18.0 Å². The third kappa shape index (κ3) is 5.05. The third-order valence-electron chi connectivity index (χ3n) is 4.92. The maximum Gasteiger partial charge on any atom is 0.311 e. The van der Waals surface area contributed by atoms with Crippen LogP contribution in [0.2, 0.25) is 0 Å². The van der Waals surface area contributed by atoms with Crippen molar-refractivity contribution in [3.63, 3.8) is 0 Å². The highest BCUT2D eigenvalue weighted by atomic mass is 16.6. The minimum atomic E-state index is -0.505. The fraction of sp³-hybridized carbons (Fsp3) is 0.333. The van der Waals surface area contributed by atoms with Gasteiger partial charge in [-0.1, -0.05) is 6.07 Å². The quantitative estimate of drug-likeness (QED) is 0.575. The first-order chi connectivity index (χ1) is 14.3. The number of benzene rings is 2. The number of carbonyl (C=O) groups is 2. The van der Waals surface area contributed by atoms with Gasteiger partial charge in [-0.3, -0.25) is 19.7 Å². The highest BCUT2D eigenvalue weighted by Gasteiger charge is 2.25. The van der Waals surface area contributed by atoms with E-state index in [2.05, 4.69) is 0 Å².